The summed E-state index contributed by atoms with van der Waals surface area (Å²) in [6.45, 7) is -0.137. The third-order valence-electron chi connectivity index (χ3n) is 1.75. The Labute approximate surface area is 101 Å². The van der Waals surface area contributed by atoms with Crippen LogP contribution in [-0.4, -0.2) is 26.1 Å². The van der Waals surface area contributed by atoms with Gasteiger partial charge in [-0.2, -0.15) is 0 Å². The molecule has 1 aromatic rings. The van der Waals surface area contributed by atoms with E-state index in [1.165, 1.54) is 6.07 Å². The molecule has 0 unspecified atom stereocenters. The van der Waals surface area contributed by atoms with Gasteiger partial charge in [-0.1, -0.05) is 0 Å². The number of aliphatic carboxylic acids is 1. The largest absolute Gasteiger partial charge is 0.493 e. The zero-order chi connectivity index (χ0) is 13.1. The summed E-state index contributed by atoms with van der Waals surface area (Å²) in [4.78, 5) is 9.54. The summed E-state index contributed by atoms with van der Waals surface area (Å²) in [5.74, 6) is -2.06. The van der Waals surface area contributed by atoms with Gasteiger partial charge >= 0.3 is 5.97 Å². The SMILES string of the molecule is O=C(O)CCOc1ccc(S(=O)(=O)Cl)c(F)c1. The van der Waals surface area contributed by atoms with E-state index in [1.54, 1.807) is 0 Å². The van der Waals surface area contributed by atoms with Crippen LogP contribution in [0.4, 0.5) is 4.39 Å². The molecule has 0 saturated carbocycles. The minimum atomic E-state index is -4.14. The minimum absolute atomic E-state index is 0.0350. The van der Waals surface area contributed by atoms with Crippen LogP contribution in [0.15, 0.2) is 23.1 Å². The number of halogens is 2. The van der Waals surface area contributed by atoms with E-state index in [0.29, 0.717) is 0 Å². The average Bonchev–Trinajstić information content (AvgIpc) is 2.14. The highest BCUT2D eigenvalue weighted by molar-refractivity contribution is 8.13. The molecule has 0 spiro atoms. The molecule has 0 fully saturated rings. The lowest BCUT2D eigenvalue weighted by molar-refractivity contribution is -0.137. The standard InChI is InChI=1S/C9H8ClFO5S/c10-17(14,15)8-2-1-6(5-7(8)11)16-4-3-9(12)13/h1-2,5H,3-4H2,(H,12,13). The van der Waals surface area contributed by atoms with Crippen molar-refractivity contribution in [3.63, 3.8) is 0 Å². The number of hydrogen-bond donors (Lipinski definition) is 1. The molecule has 17 heavy (non-hydrogen) atoms. The summed E-state index contributed by atoms with van der Waals surface area (Å²) in [7, 11) is 0.839. The molecule has 5 nitrogen and oxygen atoms in total. The van der Waals surface area contributed by atoms with Gasteiger partial charge in [-0.15, -0.1) is 0 Å². The lowest BCUT2D eigenvalue weighted by Gasteiger charge is -2.05. The quantitative estimate of drug-likeness (QED) is 0.830. The molecule has 0 aliphatic heterocycles. The molecule has 0 heterocycles. The Kier molecular flexibility index (Phi) is 4.30. The number of ether oxygens (including phenoxy) is 1. The van der Waals surface area contributed by atoms with Gasteiger partial charge in [-0.25, -0.2) is 12.8 Å². The monoisotopic (exact) mass is 282 g/mol. The maximum atomic E-state index is 13.3. The molecule has 0 aliphatic rings. The second kappa shape index (κ2) is 5.33. The first-order valence-corrected chi connectivity index (χ1v) is 6.70. The molecule has 1 N–H and O–H groups in total. The second-order valence-corrected chi connectivity index (χ2v) is 5.56. The molecule has 1 rings (SSSR count). The van der Waals surface area contributed by atoms with Gasteiger partial charge < -0.3 is 9.84 Å². The molecular formula is C9H8ClFO5S. The summed E-state index contributed by atoms with van der Waals surface area (Å²) in [5, 5.41) is 8.35. The van der Waals surface area contributed by atoms with Gasteiger partial charge in [0.2, 0.25) is 0 Å². The van der Waals surface area contributed by atoms with Crippen LogP contribution < -0.4 is 4.74 Å². The van der Waals surface area contributed by atoms with Crippen molar-refractivity contribution in [2.75, 3.05) is 6.61 Å². The van der Waals surface area contributed by atoms with E-state index < -0.39 is 25.7 Å². The van der Waals surface area contributed by atoms with E-state index >= 15 is 0 Å². The van der Waals surface area contributed by atoms with Gasteiger partial charge in [0, 0.05) is 16.7 Å². The van der Waals surface area contributed by atoms with Crippen LogP contribution >= 0.6 is 10.7 Å². The van der Waals surface area contributed by atoms with Crippen molar-refractivity contribution in [2.24, 2.45) is 0 Å². The van der Waals surface area contributed by atoms with Crippen LogP contribution in [0.1, 0.15) is 6.42 Å². The van der Waals surface area contributed by atoms with E-state index in [2.05, 4.69) is 0 Å². The molecule has 0 aromatic heterocycles. The predicted octanol–water partition coefficient (Wildman–Crippen LogP) is 1.61. The minimum Gasteiger partial charge on any atom is -0.493 e. The highest BCUT2D eigenvalue weighted by Gasteiger charge is 2.16. The van der Waals surface area contributed by atoms with Crippen LogP contribution in [0.3, 0.4) is 0 Å². The first-order valence-electron chi connectivity index (χ1n) is 4.39. The van der Waals surface area contributed by atoms with Gasteiger partial charge in [0.1, 0.15) is 16.5 Å². The summed E-state index contributed by atoms with van der Waals surface area (Å²) in [5.41, 5.74) is 0. The lowest BCUT2D eigenvalue weighted by Crippen LogP contribution is -2.05. The summed E-state index contributed by atoms with van der Waals surface area (Å²) in [6.07, 6.45) is -0.239. The lowest BCUT2D eigenvalue weighted by atomic mass is 10.3. The molecule has 1 aromatic carbocycles. The third kappa shape index (κ3) is 4.20. The fraction of sp³-hybridized carbons (Fsp3) is 0.222. The smallest absolute Gasteiger partial charge is 0.306 e. The number of benzene rings is 1. The van der Waals surface area contributed by atoms with Crippen molar-refractivity contribution in [2.45, 2.75) is 11.3 Å². The number of carboxylic acid groups (broad SMARTS) is 1. The molecule has 0 radical (unpaired) electrons. The second-order valence-electron chi connectivity index (χ2n) is 3.02. The van der Waals surface area contributed by atoms with Crippen molar-refractivity contribution in [3.8, 4) is 5.75 Å². The Morgan fingerprint density at radius 3 is 2.59 bits per heavy atom. The highest BCUT2D eigenvalue weighted by Crippen LogP contribution is 2.23. The molecule has 0 saturated heterocycles. The van der Waals surface area contributed by atoms with Crippen LogP contribution in [0, 0.1) is 5.82 Å². The van der Waals surface area contributed by atoms with Gasteiger partial charge in [0.05, 0.1) is 13.0 Å². The van der Waals surface area contributed by atoms with E-state index in [1.807, 2.05) is 0 Å². The number of carbonyl (C=O) groups is 1. The third-order valence-corrected chi connectivity index (χ3v) is 3.11. The Morgan fingerprint density at radius 2 is 2.12 bits per heavy atom. The molecular weight excluding hydrogens is 275 g/mol. The summed E-state index contributed by atoms with van der Waals surface area (Å²) < 4.78 is 39.9. The van der Waals surface area contributed by atoms with Crippen molar-refractivity contribution >= 4 is 25.7 Å². The van der Waals surface area contributed by atoms with Gasteiger partial charge in [-0.3, -0.25) is 4.79 Å². The average molecular weight is 283 g/mol. The Bertz CT molecular complexity index is 528. The first-order chi connectivity index (χ1) is 7.80. The first kappa shape index (κ1) is 13.7. The van der Waals surface area contributed by atoms with Gasteiger partial charge in [-0.05, 0) is 12.1 Å². The van der Waals surface area contributed by atoms with Gasteiger partial charge in [0.25, 0.3) is 9.05 Å². The summed E-state index contributed by atoms with van der Waals surface area (Å²) >= 11 is 0. The van der Waals surface area contributed by atoms with Crippen molar-refractivity contribution < 1.29 is 27.4 Å². The molecule has 0 atom stereocenters. The molecule has 8 heteroatoms. The molecule has 94 valence electrons. The topological polar surface area (TPSA) is 80.7 Å². The summed E-state index contributed by atoms with van der Waals surface area (Å²) in [6, 6.07) is 2.98. The highest BCUT2D eigenvalue weighted by atomic mass is 35.7. The van der Waals surface area contributed by atoms with Gasteiger partial charge in [0.15, 0.2) is 0 Å². The fourth-order valence-corrected chi connectivity index (χ4v) is 1.92. The van der Waals surface area contributed by atoms with Crippen molar-refractivity contribution in [3.05, 3.63) is 24.0 Å². The number of rotatable bonds is 5. The predicted molar refractivity (Wildman–Crippen MR) is 57.2 cm³/mol. The normalized spacial score (nSPS) is 11.2. The van der Waals surface area contributed by atoms with Crippen molar-refractivity contribution in [1.82, 2.24) is 0 Å². The maximum absolute atomic E-state index is 13.3. The zero-order valence-electron chi connectivity index (χ0n) is 8.39. The van der Waals surface area contributed by atoms with Crippen LogP contribution in [-0.2, 0) is 13.8 Å². The Hall–Kier alpha value is -1.34. The van der Waals surface area contributed by atoms with E-state index in [4.69, 9.17) is 20.5 Å². The molecule has 0 amide bonds. The zero-order valence-corrected chi connectivity index (χ0v) is 9.96. The maximum Gasteiger partial charge on any atom is 0.306 e. The molecule has 0 bridgehead atoms. The molecule has 0 aliphatic carbocycles. The van der Waals surface area contributed by atoms with E-state index in [9.17, 15) is 17.6 Å². The van der Waals surface area contributed by atoms with Crippen molar-refractivity contribution in [1.29, 1.82) is 0 Å². The van der Waals surface area contributed by atoms with Crippen LogP contribution in [0.5, 0.6) is 5.75 Å². The Morgan fingerprint density at radius 1 is 1.47 bits per heavy atom. The van der Waals surface area contributed by atoms with Crippen LogP contribution in [0.25, 0.3) is 0 Å². The number of hydrogen-bond acceptors (Lipinski definition) is 4. The Balaban J connectivity index is 2.79. The van der Waals surface area contributed by atoms with Crippen LogP contribution in [0.2, 0.25) is 0 Å². The fourth-order valence-electron chi connectivity index (χ4n) is 1.03. The van der Waals surface area contributed by atoms with E-state index in [-0.39, 0.29) is 18.8 Å². The number of carboxylic acids is 1. The van der Waals surface area contributed by atoms with E-state index in [0.717, 1.165) is 12.1 Å².